The van der Waals surface area contributed by atoms with E-state index in [4.69, 9.17) is 11.3 Å². The number of rotatable bonds is 8. The minimum atomic E-state index is -4.43. The molecule has 1 saturated heterocycles. The third-order valence-electron chi connectivity index (χ3n) is 6.23. The van der Waals surface area contributed by atoms with Crippen molar-refractivity contribution in [1.29, 1.82) is 0 Å². The first-order valence-corrected chi connectivity index (χ1v) is 14.1. The molecule has 1 aliphatic rings. The molecule has 8 nitrogen and oxygen atoms in total. The van der Waals surface area contributed by atoms with E-state index in [2.05, 4.69) is 32.6 Å². The van der Waals surface area contributed by atoms with Crippen LogP contribution in [0.1, 0.15) is 18.5 Å². The SMILES string of the molecule is [C-]#[N+]COc1cc(S(C)(=O)=O)ccc1NCC#Cc1cc2c(NC3CCNCC3)cccc2n1CC(F)(F)F. The summed E-state index contributed by atoms with van der Waals surface area (Å²) >= 11 is 0. The Balaban J connectivity index is 1.60. The summed E-state index contributed by atoms with van der Waals surface area (Å²) in [7, 11) is -3.49. The summed E-state index contributed by atoms with van der Waals surface area (Å²) in [6, 6.07) is 11.4. The Kier molecular flexibility index (Phi) is 8.58. The van der Waals surface area contributed by atoms with Crippen LogP contribution in [0.5, 0.6) is 5.75 Å². The van der Waals surface area contributed by atoms with Crippen LogP contribution in [-0.4, -0.2) is 57.8 Å². The summed E-state index contributed by atoms with van der Waals surface area (Å²) in [6.07, 6.45) is -1.53. The number of hydrogen-bond donors (Lipinski definition) is 3. The van der Waals surface area contributed by atoms with Gasteiger partial charge in [0.05, 0.1) is 28.3 Å². The van der Waals surface area contributed by atoms with Gasteiger partial charge in [-0.3, -0.25) is 4.85 Å². The second-order valence-electron chi connectivity index (χ2n) is 9.15. The quantitative estimate of drug-likeness (QED) is 0.279. The molecule has 1 aromatic heterocycles. The number of nitrogens with one attached hydrogen (secondary N) is 3. The van der Waals surface area contributed by atoms with Gasteiger partial charge in [-0.25, -0.2) is 15.0 Å². The molecule has 1 aliphatic heterocycles. The van der Waals surface area contributed by atoms with Crippen LogP contribution in [-0.2, 0) is 16.4 Å². The van der Waals surface area contributed by atoms with E-state index in [1.54, 1.807) is 18.2 Å². The van der Waals surface area contributed by atoms with Gasteiger partial charge in [0.15, 0.2) is 15.6 Å². The van der Waals surface area contributed by atoms with Crippen molar-refractivity contribution in [3.8, 4) is 17.6 Å². The van der Waals surface area contributed by atoms with E-state index >= 15 is 0 Å². The van der Waals surface area contributed by atoms with Gasteiger partial charge in [-0.1, -0.05) is 12.0 Å². The highest BCUT2D eigenvalue weighted by atomic mass is 32.2. The Labute approximate surface area is 225 Å². The van der Waals surface area contributed by atoms with Gasteiger partial charge < -0.3 is 25.3 Å². The molecule has 2 aromatic carbocycles. The summed E-state index contributed by atoms with van der Waals surface area (Å²) in [5, 5.41) is 10.4. The van der Waals surface area contributed by atoms with E-state index < -0.39 is 22.6 Å². The number of ether oxygens (including phenoxy) is 1. The monoisotopic (exact) mass is 559 g/mol. The molecule has 4 rings (SSSR count). The molecule has 0 saturated carbocycles. The number of nitrogens with zero attached hydrogens (tertiary/aromatic N) is 2. The fourth-order valence-electron chi connectivity index (χ4n) is 4.42. The predicted molar refractivity (Wildman–Crippen MR) is 145 cm³/mol. The van der Waals surface area contributed by atoms with Gasteiger partial charge in [0.2, 0.25) is 0 Å². The maximum atomic E-state index is 13.5. The smallest absolute Gasteiger partial charge is 0.406 e. The number of aromatic nitrogens is 1. The highest BCUT2D eigenvalue weighted by molar-refractivity contribution is 7.90. The molecule has 2 heterocycles. The molecule has 0 spiro atoms. The Morgan fingerprint density at radius 2 is 1.95 bits per heavy atom. The minimum Gasteiger partial charge on any atom is -0.424 e. The molecule has 0 amide bonds. The zero-order valence-electron chi connectivity index (χ0n) is 21.2. The van der Waals surface area contributed by atoms with Gasteiger partial charge in [0.1, 0.15) is 6.54 Å². The van der Waals surface area contributed by atoms with Gasteiger partial charge in [-0.05, 0) is 62.2 Å². The Hall–Kier alpha value is -3.87. The van der Waals surface area contributed by atoms with Crippen LogP contribution in [0.15, 0.2) is 47.4 Å². The van der Waals surface area contributed by atoms with Crippen LogP contribution in [0.4, 0.5) is 24.5 Å². The maximum Gasteiger partial charge on any atom is 0.406 e. The fourth-order valence-corrected chi connectivity index (χ4v) is 5.06. The van der Waals surface area contributed by atoms with Crippen molar-refractivity contribution in [2.45, 2.75) is 36.5 Å². The molecule has 39 heavy (non-hydrogen) atoms. The van der Waals surface area contributed by atoms with Gasteiger partial charge in [0.25, 0.3) is 0 Å². The number of anilines is 2. The van der Waals surface area contributed by atoms with Crippen LogP contribution in [0, 0.1) is 18.4 Å². The van der Waals surface area contributed by atoms with E-state index in [0.717, 1.165) is 37.9 Å². The highest BCUT2D eigenvalue weighted by Gasteiger charge is 2.30. The van der Waals surface area contributed by atoms with Crippen molar-refractivity contribution in [2.75, 3.05) is 43.3 Å². The maximum absolute atomic E-state index is 13.5. The molecule has 0 bridgehead atoms. The molecule has 3 N–H and O–H groups in total. The Bertz CT molecular complexity index is 1540. The molecule has 0 atom stereocenters. The van der Waals surface area contributed by atoms with Crippen LogP contribution < -0.4 is 20.7 Å². The van der Waals surface area contributed by atoms with Crippen LogP contribution >= 0.6 is 0 Å². The summed E-state index contributed by atoms with van der Waals surface area (Å²) in [4.78, 5) is 3.16. The van der Waals surface area contributed by atoms with E-state index in [1.165, 1.54) is 22.8 Å². The summed E-state index contributed by atoms with van der Waals surface area (Å²) in [5.74, 6) is 5.87. The predicted octanol–water partition coefficient (Wildman–Crippen LogP) is 4.49. The van der Waals surface area contributed by atoms with Crippen molar-refractivity contribution >= 4 is 32.1 Å². The molecule has 206 valence electrons. The standard InChI is InChI=1S/C27H28F3N5O3S/c1-31-18-38-26-16-21(39(2,36)37)8-9-24(26)33-12-4-5-20-15-22-23(34-19-10-13-32-14-11-19)6-3-7-25(22)35(20)17-27(28,29)30/h3,6-9,15-16,19,32-34H,10-14,17-18H2,2H3. The zero-order chi connectivity index (χ0) is 28.0. The van der Waals surface area contributed by atoms with E-state index in [0.29, 0.717) is 16.6 Å². The Morgan fingerprint density at radius 1 is 1.18 bits per heavy atom. The molecule has 0 unspecified atom stereocenters. The normalized spacial score (nSPS) is 14.3. The van der Waals surface area contributed by atoms with Gasteiger partial charge in [-0.15, -0.1) is 0 Å². The lowest BCUT2D eigenvalue weighted by molar-refractivity contribution is -0.140. The molecular weight excluding hydrogens is 531 g/mol. The first-order chi connectivity index (χ1) is 18.5. The average Bonchev–Trinajstić information content (AvgIpc) is 3.22. The molecule has 1 fully saturated rings. The van der Waals surface area contributed by atoms with Crippen LogP contribution in [0.2, 0.25) is 0 Å². The summed E-state index contributed by atoms with van der Waals surface area (Å²) < 4.78 is 70.8. The number of halogens is 3. The second kappa shape index (κ2) is 11.9. The lowest BCUT2D eigenvalue weighted by Crippen LogP contribution is -2.35. The number of sulfone groups is 1. The fraction of sp³-hybridized carbons (Fsp3) is 0.370. The molecular formula is C27H28F3N5O3S. The molecule has 3 aromatic rings. The number of fused-ring (bicyclic) bond motifs is 1. The van der Waals surface area contributed by atoms with Gasteiger partial charge in [0, 0.05) is 29.4 Å². The largest absolute Gasteiger partial charge is 0.424 e. The molecule has 0 aliphatic carbocycles. The lowest BCUT2D eigenvalue weighted by Gasteiger charge is -2.25. The third-order valence-corrected chi connectivity index (χ3v) is 7.34. The zero-order valence-corrected chi connectivity index (χ0v) is 22.0. The van der Waals surface area contributed by atoms with E-state index in [1.807, 2.05) is 6.07 Å². The minimum absolute atomic E-state index is 0.0321. The third kappa shape index (κ3) is 7.37. The van der Waals surface area contributed by atoms with Crippen molar-refractivity contribution in [1.82, 2.24) is 9.88 Å². The summed E-state index contributed by atoms with van der Waals surface area (Å²) in [6.45, 7) is 7.25. The lowest BCUT2D eigenvalue weighted by atomic mass is 10.1. The highest BCUT2D eigenvalue weighted by Crippen LogP contribution is 2.31. The number of hydrogen-bond acceptors (Lipinski definition) is 6. The number of benzene rings is 2. The van der Waals surface area contributed by atoms with Crippen molar-refractivity contribution in [3.05, 3.63) is 59.6 Å². The second-order valence-corrected chi connectivity index (χ2v) is 11.2. The van der Waals surface area contributed by atoms with E-state index in [9.17, 15) is 21.6 Å². The van der Waals surface area contributed by atoms with Crippen molar-refractivity contribution < 1.29 is 26.3 Å². The molecule has 0 radical (unpaired) electrons. The first-order valence-electron chi connectivity index (χ1n) is 12.2. The summed E-state index contributed by atoms with van der Waals surface area (Å²) in [5.41, 5.74) is 1.84. The van der Waals surface area contributed by atoms with Crippen LogP contribution in [0.25, 0.3) is 15.7 Å². The van der Waals surface area contributed by atoms with Crippen LogP contribution in [0.3, 0.4) is 0 Å². The number of piperidine rings is 1. The topological polar surface area (TPSA) is 88.8 Å². The van der Waals surface area contributed by atoms with Crippen molar-refractivity contribution in [2.24, 2.45) is 0 Å². The molecule has 12 heteroatoms. The number of alkyl halides is 3. The van der Waals surface area contributed by atoms with Gasteiger partial charge >= 0.3 is 12.9 Å². The first kappa shape index (κ1) is 28.1. The Morgan fingerprint density at radius 3 is 2.64 bits per heavy atom. The van der Waals surface area contributed by atoms with Gasteiger partial charge in [-0.2, -0.15) is 13.2 Å². The van der Waals surface area contributed by atoms with Crippen molar-refractivity contribution in [3.63, 3.8) is 0 Å². The van der Waals surface area contributed by atoms with E-state index in [-0.39, 0.29) is 35.7 Å². The average molecular weight is 560 g/mol.